The van der Waals surface area contributed by atoms with Crippen molar-refractivity contribution in [2.24, 2.45) is 0 Å². The summed E-state index contributed by atoms with van der Waals surface area (Å²) in [4.78, 5) is 13.2. The second-order valence-corrected chi connectivity index (χ2v) is 8.84. The van der Waals surface area contributed by atoms with Gasteiger partial charge in [0.05, 0.1) is 29.1 Å². The molecule has 1 saturated heterocycles. The highest BCUT2D eigenvalue weighted by molar-refractivity contribution is 5.69. The Morgan fingerprint density at radius 3 is 2.62 bits per heavy atom. The third kappa shape index (κ3) is 4.11. The summed E-state index contributed by atoms with van der Waals surface area (Å²) in [5.74, 6) is 0.762. The average Bonchev–Trinajstić information content (AvgIpc) is 3.57. The van der Waals surface area contributed by atoms with Crippen LogP contribution in [0, 0.1) is 11.3 Å². The first-order chi connectivity index (χ1) is 16.4. The van der Waals surface area contributed by atoms with Gasteiger partial charge in [0, 0.05) is 23.4 Å². The molecule has 170 valence electrons. The molecule has 1 aliphatic heterocycles. The van der Waals surface area contributed by atoms with Gasteiger partial charge in [-0.15, -0.1) is 10.2 Å². The van der Waals surface area contributed by atoms with E-state index in [1.165, 1.54) is 12.0 Å². The maximum absolute atomic E-state index is 9.44. The predicted octanol–water partition coefficient (Wildman–Crippen LogP) is 4.06. The standard InChI is InChI=1S/C25H24N8O/c1-25(2,14-26)20-12-17(9-11-29-20)19-13-30-22(27)21(31-19)24-33-32-23(34-24)16-7-5-15(6-8-16)18-4-3-10-28-18/h5-9,11-13,18,28H,3-4,10H2,1-2H3,(H2,27,30). The maximum atomic E-state index is 9.44. The second-order valence-electron chi connectivity index (χ2n) is 8.84. The van der Waals surface area contributed by atoms with E-state index in [0.29, 0.717) is 29.0 Å². The summed E-state index contributed by atoms with van der Waals surface area (Å²) in [5, 5.41) is 21.3. The van der Waals surface area contributed by atoms with Gasteiger partial charge in [-0.3, -0.25) is 4.98 Å². The first-order valence-corrected chi connectivity index (χ1v) is 11.1. The van der Waals surface area contributed by atoms with Gasteiger partial charge >= 0.3 is 0 Å². The number of aromatic nitrogens is 5. The zero-order valence-electron chi connectivity index (χ0n) is 19.0. The monoisotopic (exact) mass is 452 g/mol. The lowest BCUT2D eigenvalue weighted by molar-refractivity contribution is 0.582. The number of rotatable bonds is 5. The van der Waals surface area contributed by atoms with Crippen LogP contribution < -0.4 is 11.1 Å². The largest absolute Gasteiger partial charge is 0.414 e. The Bertz CT molecular complexity index is 1360. The second kappa shape index (κ2) is 8.65. The molecule has 1 fully saturated rings. The van der Waals surface area contributed by atoms with E-state index >= 15 is 0 Å². The molecule has 1 aliphatic rings. The summed E-state index contributed by atoms with van der Waals surface area (Å²) < 4.78 is 5.91. The SMILES string of the molecule is CC(C)(C#N)c1cc(-c2cnc(N)c(-c3nnc(-c4ccc(C5CCCN5)cc4)o3)n2)ccn1. The normalized spacial score (nSPS) is 15.9. The zero-order valence-corrected chi connectivity index (χ0v) is 19.0. The first kappa shape index (κ1) is 21.7. The van der Waals surface area contributed by atoms with E-state index in [2.05, 4.69) is 48.7 Å². The van der Waals surface area contributed by atoms with Gasteiger partial charge in [-0.2, -0.15) is 5.26 Å². The van der Waals surface area contributed by atoms with Crippen LogP contribution in [0.5, 0.6) is 0 Å². The molecule has 0 radical (unpaired) electrons. The molecule has 1 atom stereocenters. The lowest BCUT2D eigenvalue weighted by Crippen LogP contribution is -2.15. The van der Waals surface area contributed by atoms with Gasteiger partial charge in [0.2, 0.25) is 5.89 Å². The van der Waals surface area contributed by atoms with Gasteiger partial charge in [-0.05, 0) is 63.1 Å². The molecule has 34 heavy (non-hydrogen) atoms. The molecule has 0 spiro atoms. The van der Waals surface area contributed by atoms with Crippen LogP contribution in [0.15, 0.2) is 53.2 Å². The van der Waals surface area contributed by atoms with Crippen molar-refractivity contribution < 1.29 is 4.42 Å². The molecule has 9 nitrogen and oxygen atoms in total. The van der Waals surface area contributed by atoms with Gasteiger partial charge in [0.15, 0.2) is 11.5 Å². The van der Waals surface area contributed by atoms with Crippen molar-refractivity contribution in [3.05, 3.63) is 60.0 Å². The summed E-state index contributed by atoms with van der Waals surface area (Å²) in [6.45, 7) is 4.68. The summed E-state index contributed by atoms with van der Waals surface area (Å²) in [6.07, 6.45) is 5.56. The van der Waals surface area contributed by atoms with Crippen LogP contribution in [0.2, 0.25) is 0 Å². The minimum atomic E-state index is -0.731. The molecular weight excluding hydrogens is 428 g/mol. The molecule has 4 aromatic rings. The summed E-state index contributed by atoms with van der Waals surface area (Å²) in [7, 11) is 0. The third-order valence-corrected chi connectivity index (χ3v) is 6.02. The van der Waals surface area contributed by atoms with E-state index in [0.717, 1.165) is 24.1 Å². The van der Waals surface area contributed by atoms with Crippen LogP contribution in [-0.2, 0) is 5.41 Å². The number of nitrogens with two attached hydrogens (primary N) is 1. The number of nitrogens with one attached hydrogen (secondary N) is 1. The predicted molar refractivity (Wildman–Crippen MR) is 127 cm³/mol. The van der Waals surface area contributed by atoms with Gasteiger partial charge in [0.1, 0.15) is 0 Å². The smallest absolute Gasteiger partial charge is 0.270 e. The van der Waals surface area contributed by atoms with Crippen LogP contribution in [0.3, 0.4) is 0 Å². The third-order valence-electron chi connectivity index (χ3n) is 6.02. The highest BCUT2D eigenvalue weighted by Crippen LogP contribution is 2.30. The van der Waals surface area contributed by atoms with Gasteiger partial charge in [0.25, 0.3) is 5.89 Å². The number of benzene rings is 1. The summed E-state index contributed by atoms with van der Waals surface area (Å²) in [6, 6.07) is 14.4. The number of hydrogen-bond donors (Lipinski definition) is 2. The van der Waals surface area contributed by atoms with Crippen LogP contribution in [-0.4, -0.2) is 31.7 Å². The van der Waals surface area contributed by atoms with Crippen molar-refractivity contribution in [3.8, 4) is 40.4 Å². The van der Waals surface area contributed by atoms with E-state index < -0.39 is 5.41 Å². The molecule has 1 aromatic carbocycles. The maximum Gasteiger partial charge on any atom is 0.270 e. The van der Waals surface area contributed by atoms with Crippen LogP contribution in [0.25, 0.3) is 34.3 Å². The van der Waals surface area contributed by atoms with Crippen molar-refractivity contribution in [3.63, 3.8) is 0 Å². The van der Waals surface area contributed by atoms with Gasteiger partial charge in [-0.1, -0.05) is 12.1 Å². The fourth-order valence-corrected chi connectivity index (χ4v) is 3.95. The van der Waals surface area contributed by atoms with Gasteiger partial charge in [-0.25, -0.2) is 9.97 Å². The van der Waals surface area contributed by atoms with Crippen molar-refractivity contribution in [2.45, 2.75) is 38.1 Å². The van der Waals surface area contributed by atoms with E-state index in [1.54, 1.807) is 18.5 Å². The molecule has 1 unspecified atom stereocenters. The highest BCUT2D eigenvalue weighted by atomic mass is 16.4. The van der Waals surface area contributed by atoms with E-state index in [-0.39, 0.29) is 11.7 Å². The van der Waals surface area contributed by atoms with Gasteiger partial charge < -0.3 is 15.5 Å². The minimum Gasteiger partial charge on any atom is -0.414 e. The Morgan fingerprint density at radius 1 is 1.09 bits per heavy atom. The van der Waals surface area contributed by atoms with Crippen LogP contribution >= 0.6 is 0 Å². The topological polar surface area (TPSA) is 139 Å². The number of pyridine rings is 1. The Hall–Kier alpha value is -4.16. The molecule has 3 aromatic heterocycles. The number of nitrogens with zero attached hydrogens (tertiary/aromatic N) is 6. The Balaban J connectivity index is 1.44. The molecule has 0 bridgehead atoms. The molecule has 0 amide bonds. The van der Waals surface area contributed by atoms with Crippen molar-refractivity contribution in [2.75, 3.05) is 12.3 Å². The number of anilines is 1. The van der Waals surface area contributed by atoms with E-state index in [9.17, 15) is 5.26 Å². The van der Waals surface area contributed by atoms with E-state index in [1.807, 2.05) is 32.0 Å². The lowest BCUT2D eigenvalue weighted by atomic mass is 9.90. The molecule has 9 heteroatoms. The fourth-order valence-electron chi connectivity index (χ4n) is 3.95. The number of nitriles is 1. The molecule has 4 heterocycles. The average molecular weight is 453 g/mol. The van der Waals surface area contributed by atoms with E-state index in [4.69, 9.17) is 10.2 Å². The molecule has 3 N–H and O–H groups in total. The molecule has 0 aliphatic carbocycles. The quantitative estimate of drug-likeness (QED) is 0.458. The fraction of sp³-hybridized carbons (Fsp3) is 0.280. The summed E-state index contributed by atoms with van der Waals surface area (Å²) in [5.41, 5.74) is 9.71. The van der Waals surface area contributed by atoms with Crippen molar-refractivity contribution >= 4 is 5.82 Å². The zero-order chi connectivity index (χ0) is 23.7. The Morgan fingerprint density at radius 2 is 1.88 bits per heavy atom. The minimum absolute atomic E-state index is 0.188. The number of nitrogen functional groups attached to an aromatic ring is 1. The van der Waals surface area contributed by atoms with Crippen molar-refractivity contribution in [1.82, 2.24) is 30.5 Å². The lowest BCUT2D eigenvalue weighted by Gasteiger charge is -2.15. The van der Waals surface area contributed by atoms with Crippen molar-refractivity contribution in [1.29, 1.82) is 5.26 Å². The Kier molecular flexibility index (Phi) is 5.51. The molecule has 0 saturated carbocycles. The highest BCUT2D eigenvalue weighted by Gasteiger charge is 2.23. The first-order valence-electron chi connectivity index (χ1n) is 11.1. The molecule has 5 rings (SSSR count). The molecular formula is C25H24N8O. The van der Waals surface area contributed by atoms with Crippen LogP contribution in [0.4, 0.5) is 5.82 Å². The Labute approximate surface area is 197 Å². The summed E-state index contributed by atoms with van der Waals surface area (Å²) >= 11 is 0. The number of hydrogen-bond acceptors (Lipinski definition) is 9. The van der Waals surface area contributed by atoms with Crippen LogP contribution in [0.1, 0.15) is 44.0 Å².